The molecule has 6 nitrogen and oxygen atoms in total. The number of aromatic nitrogens is 3. The predicted octanol–water partition coefficient (Wildman–Crippen LogP) is 5.46. The lowest BCUT2D eigenvalue weighted by Crippen LogP contribution is -2.31. The van der Waals surface area contributed by atoms with E-state index in [1.165, 1.54) is 17.4 Å². The number of ether oxygens (including phenoxy) is 1. The van der Waals surface area contributed by atoms with E-state index in [9.17, 15) is 18.0 Å². The minimum absolute atomic E-state index is 0.0169. The van der Waals surface area contributed by atoms with E-state index >= 15 is 0 Å². The van der Waals surface area contributed by atoms with Crippen LogP contribution in [0.4, 0.5) is 13.2 Å². The van der Waals surface area contributed by atoms with Crippen LogP contribution in [0.25, 0.3) is 16.2 Å². The molecule has 0 bridgehead atoms. The summed E-state index contributed by atoms with van der Waals surface area (Å²) in [6, 6.07) is 13.0. The molecule has 1 atom stereocenters. The molecule has 1 fully saturated rings. The van der Waals surface area contributed by atoms with Crippen LogP contribution in [-0.4, -0.2) is 39.1 Å². The van der Waals surface area contributed by atoms with Gasteiger partial charge in [0, 0.05) is 12.6 Å². The van der Waals surface area contributed by atoms with E-state index in [1.807, 2.05) is 24.3 Å². The number of rotatable bonds is 4. The summed E-state index contributed by atoms with van der Waals surface area (Å²) in [4.78, 5) is 19.9. The fourth-order valence-corrected chi connectivity index (χ4v) is 4.85. The number of thiophene rings is 1. The van der Waals surface area contributed by atoms with Gasteiger partial charge in [-0.15, -0.1) is 11.3 Å². The molecule has 170 valence electrons. The predicted molar refractivity (Wildman–Crippen MR) is 117 cm³/mol. The smallest absolute Gasteiger partial charge is 0.433 e. The molecule has 0 radical (unpaired) electrons. The van der Waals surface area contributed by atoms with Crippen molar-refractivity contribution in [2.45, 2.75) is 25.1 Å². The lowest BCUT2D eigenvalue weighted by atomic mass is 10.0. The number of hydrogen-bond donors (Lipinski definition) is 0. The highest BCUT2D eigenvalue weighted by atomic mass is 32.1. The van der Waals surface area contributed by atoms with Gasteiger partial charge in [-0.2, -0.15) is 18.3 Å². The number of methoxy groups -OCH3 is 1. The maximum absolute atomic E-state index is 13.8. The summed E-state index contributed by atoms with van der Waals surface area (Å²) in [5.74, 6) is 0.298. The number of alkyl halides is 3. The van der Waals surface area contributed by atoms with E-state index in [0.29, 0.717) is 21.7 Å². The largest absolute Gasteiger partial charge is 0.497 e. The fourth-order valence-electron chi connectivity index (χ4n) is 4.16. The Labute approximate surface area is 191 Å². The number of carbonyl (C=O) groups excluding carboxylic acids is 1. The number of fused-ring (bicyclic) bond motifs is 1. The normalized spacial score (nSPS) is 16.5. The zero-order valence-corrected chi connectivity index (χ0v) is 18.4. The van der Waals surface area contributed by atoms with Crippen LogP contribution in [-0.2, 0) is 6.18 Å². The molecule has 0 N–H and O–H groups in total. The zero-order chi connectivity index (χ0) is 23.2. The Kier molecular flexibility index (Phi) is 5.32. The maximum atomic E-state index is 13.8. The van der Waals surface area contributed by atoms with Crippen LogP contribution in [0, 0.1) is 0 Å². The van der Waals surface area contributed by atoms with Gasteiger partial charge in [0.15, 0.2) is 17.0 Å². The number of amides is 1. The Morgan fingerprint density at radius 3 is 2.64 bits per heavy atom. The summed E-state index contributed by atoms with van der Waals surface area (Å²) in [6.45, 7) is 0.503. The van der Waals surface area contributed by atoms with E-state index in [4.69, 9.17) is 4.74 Å². The number of likely N-dealkylation sites (tertiary alicyclic amines) is 1. The zero-order valence-electron chi connectivity index (χ0n) is 17.5. The maximum Gasteiger partial charge on any atom is 0.433 e. The van der Waals surface area contributed by atoms with E-state index in [-0.39, 0.29) is 23.1 Å². The summed E-state index contributed by atoms with van der Waals surface area (Å²) in [5.41, 5.74) is 0.0945. The van der Waals surface area contributed by atoms with Crippen LogP contribution in [0.1, 0.15) is 40.6 Å². The molecule has 1 saturated heterocycles. The molecule has 1 aliphatic rings. The van der Waals surface area contributed by atoms with Gasteiger partial charge in [-0.05, 0) is 48.1 Å². The molecule has 1 aromatic carbocycles. The molecule has 33 heavy (non-hydrogen) atoms. The summed E-state index contributed by atoms with van der Waals surface area (Å²) >= 11 is 1.29. The third-order valence-electron chi connectivity index (χ3n) is 5.72. The van der Waals surface area contributed by atoms with E-state index < -0.39 is 17.8 Å². The molecular weight excluding hydrogens is 453 g/mol. The van der Waals surface area contributed by atoms with Gasteiger partial charge in [0.05, 0.1) is 23.7 Å². The van der Waals surface area contributed by atoms with Gasteiger partial charge in [-0.1, -0.05) is 18.2 Å². The number of carbonyl (C=O) groups is 1. The Bertz CT molecular complexity index is 1300. The van der Waals surface area contributed by atoms with E-state index in [0.717, 1.165) is 24.5 Å². The van der Waals surface area contributed by atoms with Gasteiger partial charge in [-0.3, -0.25) is 4.79 Å². The molecule has 4 aromatic rings. The van der Waals surface area contributed by atoms with Gasteiger partial charge in [0.25, 0.3) is 5.91 Å². The Morgan fingerprint density at radius 2 is 1.97 bits per heavy atom. The summed E-state index contributed by atoms with van der Waals surface area (Å²) in [5, 5.41) is 5.80. The fraction of sp³-hybridized carbons (Fsp3) is 0.261. The van der Waals surface area contributed by atoms with Crippen LogP contribution >= 0.6 is 11.3 Å². The minimum Gasteiger partial charge on any atom is -0.497 e. The molecule has 4 heterocycles. The first-order valence-electron chi connectivity index (χ1n) is 10.3. The van der Waals surface area contributed by atoms with Crippen molar-refractivity contribution >= 4 is 22.9 Å². The SMILES string of the molecule is COc1ccc([C@@H]2CCCN2C(=O)c2cc3nc(-c4cccs4)cc(C(F)(F)F)n3n2)cc1. The summed E-state index contributed by atoms with van der Waals surface area (Å²) in [7, 11) is 1.58. The molecular formula is C23H19F3N4O2S. The van der Waals surface area contributed by atoms with Crippen LogP contribution in [0.15, 0.2) is 53.9 Å². The third-order valence-corrected chi connectivity index (χ3v) is 6.62. The van der Waals surface area contributed by atoms with Gasteiger partial charge >= 0.3 is 6.18 Å². The second-order valence-electron chi connectivity index (χ2n) is 7.73. The quantitative estimate of drug-likeness (QED) is 0.396. The Morgan fingerprint density at radius 1 is 1.18 bits per heavy atom. The number of halogens is 3. The standard InChI is InChI=1S/C23H19F3N4O2S/c1-32-15-8-6-14(7-9-15)18-4-2-10-29(18)22(31)17-13-21-27-16(19-5-3-11-33-19)12-20(23(24,25)26)30(21)28-17/h3,5-9,11-13,18H,2,4,10H2,1H3/t18-/m0/s1. The molecule has 1 aliphatic heterocycles. The van der Waals surface area contributed by atoms with Crippen molar-refractivity contribution in [2.75, 3.05) is 13.7 Å². The van der Waals surface area contributed by atoms with E-state index in [1.54, 1.807) is 29.5 Å². The summed E-state index contributed by atoms with van der Waals surface area (Å²) in [6.07, 6.45) is -3.09. The van der Waals surface area contributed by atoms with Gasteiger partial charge < -0.3 is 9.64 Å². The average Bonchev–Trinajstić information content (AvgIpc) is 3.57. The molecule has 0 unspecified atom stereocenters. The molecule has 10 heteroatoms. The lowest BCUT2D eigenvalue weighted by Gasteiger charge is -2.24. The highest BCUT2D eigenvalue weighted by Gasteiger charge is 2.37. The highest BCUT2D eigenvalue weighted by Crippen LogP contribution is 2.36. The number of nitrogens with zero attached hydrogens (tertiary/aromatic N) is 4. The molecule has 3 aromatic heterocycles. The van der Waals surface area contributed by atoms with E-state index in [2.05, 4.69) is 10.1 Å². The molecule has 0 spiro atoms. The minimum atomic E-state index is -4.65. The molecule has 1 amide bonds. The van der Waals surface area contributed by atoms with Gasteiger partial charge in [0.2, 0.25) is 0 Å². The highest BCUT2D eigenvalue weighted by molar-refractivity contribution is 7.13. The van der Waals surface area contributed by atoms with Crippen LogP contribution in [0.2, 0.25) is 0 Å². The first-order valence-corrected chi connectivity index (χ1v) is 11.2. The second kappa shape index (κ2) is 8.18. The van der Waals surface area contributed by atoms with Crippen molar-refractivity contribution in [3.05, 3.63) is 70.9 Å². The Balaban J connectivity index is 1.53. The molecule has 0 saturated carbocycles. The van der Waals surface area contributed by atoms with Crippen molar-refractivity contribution in [1.82, 2.24) is 19.5 Å². The second-order valence-corrected chi connectivity index (χ2v) is 8.68. The van der Waals surface area contributed by atoms with Crippen LogP contribution in [0.3, 0.4) is 0 Å². The van der Waals surface area contributed by atoms with Gasteiger partial charge in [-0.25, -0.2) is 9.50 Å². The average molecular weight is 472 g/mol. The molecule has 0 aliphatic carbocycles. The van der Waals surface area contributed by atoms with Crippen molar-refractivity contribution in [1.29, 1.82) is 0 Å². The van der Waals surface area contributed by atoms with Crippen molar-refractivity contribution in [3.63, 3.8) is 0 Å². The first-order chi connectivity index (χ1) is 15.8. The van der Waals surface area contributed by atoms with Crippen molar-refractivity contribution in [3.8, 4) is 16.3 Å². The van der Waals surface area contributed by atoms with Crippen molar-refractivity contribution < 1.29 is 22.7 Å². The van der Waals surface area contributed by atoms with Crippen LogP contribution in [0.5, 0.6) is 5.75 Å². The lowest BCUT2D eigenvalue weighted by molar-refractivity contribution is -0.142. The summed E-state index contributed by atoms with van der Waals surface area (Å²) < 4.78 is 47.3. The van der Waals surface area contributed by atoms with Crippen molar-refractivity contribution in [2.24, 2.45) is 0 Å². The Hall–Kier alpha value is -3.40. The van der Waals surface area contributed by atoms with Crippen LogP contribution < -0.4 is 4.74 Å². The number of hydrogen-bond acceptors (Lipinski definition) is 5. The first kappa shape index (κ1) is 21.4. The molecule has 5 rings (SSSR count). The third kappa shape index (κ3) is 3.95. The van der Waals surface area contributed by atoms with Gasteiger partial charge in [0.1, 0.15) is 5.75 Å². The topological polar surface area (TPSA) is 59.7 Å². The monoisotopic (exact) mass is 472 g/mol. The number of benzene rings is 1.